The van der Waals surface area contributed by atoms with Crippen molar-refractivity contribution in [3.8, 4) is 0 Å². The molecule has 2 aromatic carbocycles. The molecule has 134 valence electrons. The number of aryl methyl sites for hydroxylation is 1. The number of sulfonamides is 2. The topological polar surface area (TPSA) is 97.5 Å². The maximum absolute atomic E-state index is 13.1. The minimum absolute atomic E-state index is 0.0514. The largest absolute Gasteiger partial charge is 0.243 e. The number of primary sulfonamides is 1. The molecule has 6 nitrogen and oxygen atoms in total. The Kier molecular flexibility index (Phi) is 4.72. The molecule has 0 spiro atoms. The Hall–Kier alpha value is -1.74. The van der Waals surface area contributed by atoms with E-state index in [1.54, 1.807) is 0 Å². The lowest BCUT2D eigenvalue weighted by Crippen LogP contribution is -2.32. The molecular formula is C17H20N2O4S2. The predicted octanol–water partition coefficient (Wildman–Crippen LogP) is 2.00. The summed E-state index contributed by atoms with van der Waals surface area (Å²) in [6.45, 7) is 2.23. The van der Waals surface area contributed by atoms with Gasteiger partial charge in [-0.1, -0.05) is 35.9 Å². The van der Waals surface area contributed by atoms with E-state index < -0.39 is 20.0 Å². The Balaban J connectivity index is 1.97. The molecule has 0 heterocycles. The quantitative estimate of drug-likeness (QED) is 0.829. The van der Waals surface area contributed by atoms with Crippen LogP contribution in [-0.4, -0.2) is 27.2 Å². The summed E-state index contributed by atoms with van der Waals surface area (Å²) in [6, 6.07) is 12.8. The summed E-state index contributed by atoms with van der Waals surface area (Å²) in [7, 11) is -7.78. The molecule has 8 heteroatoms. The molecule has 0 bridgehead atoms. The van der Waals surface area contributed by atoms with E-state index in [1.807, 2.05) is 31.2 Å². The van der Waals surface area contributed by atoms with Crippen molar-refractivity contribution in [3.63, 3.8) is 0 Å². The maximum atomic E-state index is 13.1. The van der Waals surface area contributed by atoms with E-state index in [9.17, 15) is 16.8 Å². The van der Waals surface area contributed by atoms with Gasteiger partial charge in [-0.25, -0.2) is 22.0 Å². The normalized spacial score (nSPS) is 15.5. The van der Waals surface area contributed by atoms with Crippen molar-refractivity contribution in [2.45, 2.75) is 42.1 Å². The number of hydrogen-bond donors (Lipinski definition) is 1. The Bertz CT molecular complexity index is 980. The van der Waals surface area contributed by atoms with Gasteiger partial charge in [0, 0.05) is 12.6 Å². The second-order valence-corrected chi connectivity index (χ2v) is 9.74. The lowest BCUT2D eigenvalue weighted by atomic mass is 10.1. The summed E-state index contributed by atoms with van der Waals surface area (Å²) in [4.78, 5) is -0.266. The standard InChI is InChI=1S/C17H20N2O4S2/c1-13-5-7-14(8-6-13)12-19(15-9-10-15)25(22,23)17-4-2-3-16(11-17)24(18,20)21/h2-8,11,15H,9-10,12H2,1H3,(H2,18,20,21). The van der Waals surface area contributed by atoms with Crippen LogP contribution in [-0.2, 0) is 26.6 Å². The van der Waals surface area contributed by atoms with Crippen LogP contribution in [0.2, 0.25) is 0 Å². The van der Waals surface area contributed by atoms with E-state index in [-0.39, 0.29) is 22.4 Å². The third-order valence-corrected chi connectivity index (χ3v) is 6.96. The van der Waals surface area contributed by atoms with Crippen molar-refractivity contribution in [3.05, 3.63) is 59.7 Å². The van der Waals surface area contributed by atoms with Crippen molar-refractivity contribution in [2.75, 3.05) is 0 Å². The van der Waals surface area contributed by atoms with Crippen LogP contribution in [0.3, 0.4) is 0 Å². The first-order valence-electron chi connectivity index (χ1n) is 7.88. The molecule has 0 saturated heterocycles. The fourth-order valence-corrected chi connectivity index (χ4v) is 4.95. The molecule has 0 amide bonds. The molecule has 0 aliphatic heterocycles. The van der Waals surface area contributed by atoms with E-state index in [4.69, 9.17) is 5.14 Å². The molecule has 0 unspecified atom stereocenters. The first-order chi connectivity index (χ1) is 11.7. The van der Waals surface area contributed by atoms with Gasteiger partial charge in [-0.2, -0.15) is 4.31 Å². The molecule has 0 radical (unpaired) electrons. The average Bonchev–Trinajstić information content (AvgIpc) is 3.38. The summed E-state index contributed by atoms with van der Waals surface area (Å²) in [5, 5.41) is 5.12. The monoisotopic (exact) mass is 380 g/mol. The van der Waals surface area contributed by atoms with Gasteiger partial charge in [-0.3, -0.25) is 0 Å². The van der Waals surface area contributed by atoms with Gasteiger partial charge < -0.3 is 0 Å². The Morgan fingerprint density at radius 3 is 2.16 bits per heavy atom. The van der Waals surface area contributed by atoms with Gasteiger partial charge in [0.1, 0.15) is 0 Å². The van der Waals surface area contributed by atoms with Crippen molar-refractivity contribution >= 4 is 20.0 Å². The Morgan fingerprint density at radius 1 is 1.00 bits per heavy atom. The second-order valence-electron chi connectivity index (χ2n) is 6.29. The van der Waals surface area contributed by atoms with Crippen LogP contribution < -0.4 is 5.14 Å². The van der Waals surface area contributed by atoms with Gasteiger partial charge in [-0.15, -0.1) is 0 Å². The molecule has 1 fully saturated rings. The number of nitrogens with two attached hydrogens (primary N) is 1. The minimum Gasteiger partial charge on any atom is -0.225 e. The Morgan fingerprint density at radius 2 is 1.60 bits per heavy atom. The van der Waals surface area contributed by atoms with E-state index in [0.717, 1.165) is 30.0 Å². The molecule has 2 N–H and O–H groups in total. The molecule has 1 saturated carbocycles. The highest BCUT2D eigenvalue weighted by Gasteiger charge is 2.38. The van der Waals surface area contributed by atoms with Gasteiger partial charge in [0.15, 0.2) is 0 Å². The number of benzene rings is 2. The van der Waals surface area contributed by atoms with Crippen molar-refractivity contribution in [1.29, 1.82) is 0 Å². The van der Waals surface area contributed by atoms with E-state index >= 15 is 0 Å². The van der Waals surface area contributed by atoms with Crippen molar-refractivity contribution in [1.82, 2.24) is 4.31 Å². The molecule has 3 rings (SSSR count). The zero-order valence-corrected chi connectivity index (χ0v) is 15.4. The van der Waals surface area contributed by atoms with Crippen molar-refractivity contribution in [2.24, 2.45) is 5.14 Å². The van der Waals surface area contributed by atoms with Crippen LogP contribution >= 0.6 is 0 Å². The van der Waals surface area contributed by atoms with Gasteiger partial charge in [-0.05, 0) is 43.5 Å². The highest BCUT2D eigenvalue weighted by molar-refractivity contribution is 7.90. The fourth-order valence-electron chi connectivity index (χ4n) is 2.59. The molecule has 0 atom stereocenters. The van der Waals surface area contributed by atoms with E-state index in [1.165, 1.54) is 22.5 Å². The minimum atomic E-state index is -3.96. The summed E-state index contributed by atoms with van der Waals surface area (Å²) >= 11 is 0. The summed E-state index contributed by atoms with van der Waals surface area (Å²) in [5.74, 6) is 0. The van der Waals surface area contributed by atoms with Crippen LogP contribution in [0.25, 0.3) is 0 Å². The summed E-state index contributed by atoms with van der Waals surface area (Å²) in [6.07, 6.45) is 1.61. The molecular weight excluding hydrogens is 360 g/mol. The first kappa shape index (κ1) is 18.1. The lowest BCUT2D eigenvalue weighted by Gasteiger charge is -2.22. The third-order valence-electron chi connectivity index (χ3n) is 4.15. The average molecular weight is 380 g/mol. The smallest absolute Gasteiger partial charge is 0.225 e. The van der Waals surface area contributed by atoms with E-state index in [2.05, 4.69) is 0 Å². The van der Waals surface area contributed by atoms with Gasteiger partial charge in [0.05, 0.1) is 9.79 Å². The SMILES string of the molecule is Cc1ccc(CN(C2CC2)S(=O)(=O)c2cccc(S(N)(=O)=O)c2)cc1. The van der Waals surface area contributed by atoms with Crippen LogP contribution in [0.5, 0.6) is 0 Å². The highest BCUT2D eigenvalue weighted by atomic mass is 32.2. The maximum Gasteiger partial charge on any atom is 0.243 e. The number of hydrogen-bond acceptors (Lipinski definition) is 4. The third kappa shape index (κ3) is 4.09. The zero-order chi connectivity index (χ0) is 18.2. The van der Waals surface area contributed by atoms with Crippen LogP contribution in [0.4, 0.5) is 0 Å². The van der Waals surface area contributed by atoms with Crippen LogP contribution in [0.1, 0.15) is 24.0 Å². The fraction of sp³-hybridized carbons (Fsp3) is 0.294. The molecule has 2 aromatic rings. The van der Waals surface area contributed by atoms with Gasteiger partial charge in [0.2, 0.25) is 20.0 Å². The number of nitrogens with zero attached hydrogens (tertiary/aromatic N) is 1. The Labute approximate surface area is 148 Å². The second kappa shape index (κ2) is 6.53. The van der Waals surface area contributed by atoms with Crippen LogP contribution in [0, 0.1) is 6.92 Å². The summed E-state index contributed by atoms with van der Waals surface area (Å²) in [5.41, 5.74) is 1.99. The van der Waals surface area contributed by atoms with Gasteiger partial charge >= 0.3 is 0 Å². The van der Waals surface area contributed by atoms with Crippen molar-refractivity contribution < 1.29 is 16.8 Å². The molecule has 1 aliphatic rings. The highest BCUT2D eigenvalue weighted by Crippen LogP contribution is 2.34. The predicted molar refractivity (Wildman–Crippen MR) is 94.7 cm³/mol. The molecule has 1 aliphatic carbocycles. The molecule has 25 heavy (non-hydrogen) atoms. The summed E-state index contributed by atoms with van der Waals surface area (Å²) < 4.78 is 50.6. The first-order valence-corrected chi connectivity index (χ1v) is 10.9. The molecule has 0 aromatic heterocycles. The lowest BCUT2D eigenvalue weighted by molar-refractivity contribution is 0.398. The number of rotatable bonds is 6. The van der Waals surface area contributed by atoms with Crippen LogP contribution in [0.15, 0.2) is 58.3 Å². The zero-order valence-electron chi connectivity index (χ0n) is 13.8. The van der Waals surface area contributed by atoms with E-state index in [0.29, 0.717) is 0 Å². The van der Waals surface area contributed by atoms with Gasteiger partial charge in [0.25, 0.3) is 0 Å².